The number of aryl methyl sites for hydroxylation is 1. The third kappa shape index (κ3) is 3.20. The van der Waals surface area contributed by atoms with Crippen LogP contribution < -0.4 is 5.73 Å². The highest BCUT2D eigenvalue weighted by atomic mass is 15.4. The predicted octanol–water partition coefficient (Wildman–Crippen LogP) is 2.17. The van der Waals surface area contributed by atoms with Crippen LogP contribution in [0.5, 0.6) is 0 Å². The van der Waals surface area contributed by atoms with Crippen LogP contribution in [-0.4, -0.2) is 38.3 Å². The lowest BCUT2D eigenvalue weighted by Gasteiger charge is -2.40. The number of nitrogens with zero attached hydrogens (tertiary/aromatic N) is 4. The molecule has 1 saturated carbocycles. The van der Waals surface area contributed by atoms with Gasteiger partial charge >= 0.3 is 0 Å². The summed E-state index contributed by atoms with van der Waals surface area (Å²) in [5.41, 5.74) is 6.33. The second-order valence-corrected chi connectivity index (χ2v) is 5.96. The lowest BCUT2D eigenvalue weighted by Crippen LogP contribution is -2.52. The minimum absolute atomic E-state index is 0.193. The van der Waals surface area contributed by atoms with E-state index in [1.807, 2.05) is 4.68 Å². The van der Waals surface area contributed by atoms with Crippen molar-refractivity contribution in [3.63, 3.8) is 0 Å². The molecule has 0 aliphatic heterocycles. The summed E-state index contributed by atoms with van der Waals surface area (Å²) in [5, 5.41) is 4.34. The van der Waals surface area contributed by atoms with Gasteiger partial charge < -0.3 is 5.73 Å². The predicted molar refractivity (Wildman–Crippen MR) is 81.3 cm³/mol. The summed E-state index contributed by atoms with van der Waals surface area (Å²) in [6.45, 7) is 8.09. The van der Waals surface area contributed by atoms with Crippen molar-refractivity contribution in [2.75, 3.05) is 13.1 Å². The van der Waals surface area contributed by atoms with Crippen LogP contribution in [0.15, 0.2) is 6.33 Å². The average molecular weight is 279 g/mol. The fraction of sp³-hybridized carbons (Fsp3) is 0.867. The molecule has 0 unspecified atom stereocenters. The first-order valence-electron chi connectivity index (χ1n) is 8.07. The maximum absolute atomic E-state index is 6.14. The molecule has 0 saturated heterocycles. The third-order valence-electron chi connectivity index (χ3n) is 4.54. The van der Waals surface area contributed by atoms with Crippen molar-refractivity contribution < 1.29 is 0 Å². The summed E-state index contributed by atoms with van der Waals surface area (Å²) >= 11 is 0. The second-order valence-electron chi connectivity index (χ2n) is 5.96. The van der Waals surface area contributed by atoms with Crippen LogP contribution in [0.3, 0.4) is 0 Å². The lowest BCUT2D eigenvalue weighted by molar-refractivity contribution is 0.0857. The molecule has 2 N–H and O–H groups in total. The van der Waals surface area contributed by atoms with E-state index < -0.39 is 0 Å². The van der Waals surface area contributed by atoms with Crippen molar-refractivity contribution >= 4 is 0 Å². The van der Waals surface area contributed by atoms with Gasteiger partial charge in [0.15, 0.2) is 0 Å². The normalized spacial score (nSPS) is 18.0. The third-order valence-corrected chi connectivity index (χ3v) is 4.54. The van der Waals surface area contributed by atoms with Crippen LogP contribution >= 0.6 is 0 Å². The van der Waals surface area contributed by atoms with E-state index in [9.17, 15) is 0 Å². The molecule has 0 atom stereocenters. The number of rotatable bonds is 8. The molecule has 1 aromatic heterocycles. The zero-order valence-corrected chi connectivity index (χ0v) is 13.0. The molecule has 0 aromatic carbocycles. The van der Waals surface area contributed by atoms with Crippen LogP contribution in [-0.2, 0) is 13.1 Å². The summed E-state index contributed by atoms with van der Waals surface area (Å²) in [5.74, 6) is 1.08. The molecule has 1 aromatic rings. The molecule has 2 rings (SSSR count). The quantitative estimate of drug-likeness (QED) is 0.792. The van der Waals surface area contributed by atoms with Gasteiger partial charge in [-0.2, -0.15) is 5.10 Å². The second kappa shape index (κ2) is 7.18. The van der Waals surface area contributed by atoms with E-state index in [1.54, 1.807) is 6.33 Å². The highest BCUT2D eigenvalue weighted by Gasteiger charge is 2.38. The molecular formula is C15H29N5. The fourth-order valence-corrected chi connectivity index (χ4v) is 3.42. The van der Waals surface area contributed by atoms with Gasteiger partial charge in [-0.15, -0.1) is 0 Å². The number of aromatic nitrogens is 3. The van der Waals surface area contributed by atoms with Crippen LogP contribution in [0.25, 0.3) is 0 Å². The van der Waals surface area contributed by atoms with Crippen molar-refractivity contribution in [1.82, 2.24) is 19.7 Å². The van der Waals surface area contributed by atoms with Crippen molar-refractivity contribution in [3.05, 3.63) is 12.2 Å². The van der Waals surface area contributed by atoms with E-state index in [1.165, 1.54) is 25.7 Å². The molecule has 0 radical (unpaired) electrons. The van der Waals surface area contributed by atoms with Gasteiger partial charge in [-0.3, -0.25) is 4.90 Å². The highest BCUT2D eigenvalue weighted by molar-refractivity contribution is 4.98. The molecule has 0 amide bonds. The first-order valence-corrected chi connectivity index (χ1v) is 8.07. The summed E-state index contributed by atoms with van der Waals surface area (Å²) in [4.78, 5) is 7.03. The summed E-state index contributed by atoms with van der Waals surface area (Å²) in [6.07, 6.45) is 8.99. The minimum atomic E-state index is 0.193. The zero-order chi connectivity index (χ0) is 14.4. The summed E-state index contributed by atoms with van der Waals surface area (Å²) < 4.78 is 2.04. The van der Waals surface area contributed by atoms with Crippen LogP contribution in [0, 0.1) is 0 Å². The van der Waals surface area contributed by atoms with Crippen molar-refractivity contribution in [1.29, 1.82) is 0 Å². The Labute approximate surface area is 122 Å². The Morgan fingerprint density at radius 1 is 1.30 bits per heavy atom. The van der Waals surface area contributed by atoms with Gasteiger partial charge in [-0.25, -0.2) is 9.67 Å². The maximum atomic E-state index is 6.14. The van der Waals surface area contributed by atoms with Gasteiger partial charge in [-0.05, 0) is 32.2 Å². The van der Waals surface area contributed by atoms with E-state index >= 15 is 0 Å². The summed E-state index contributed by atoms with van der Waals surface area (Å²) in [6, 6.07) is 0. The van der Waals surface area contributed by atoms with Crippen molar-refractivity contribution in [3.8, 4) is 0 Å². The van der Waals surface area contributed by atoms with Gasteiger partial charge in [0.1, 0.15) is 12.2 Å². The Morgan fingerprint density at radius 2 is 2.05 bits per heavy atom. The standard InChI is InChI=1S/C15H29N5/c1-3-9-19(15(12-16)7-5-6-8-15)11-14-17-13-18-20(14)10-4-2/h13H,3-12,16H2,1-2H3. The SMILES string of the molecule is CCCN(Cc1ncnn1CCC)C1(CN)CCCC1. The molecule has 5 heteroatoms. The molecule has 1 heterocycles. The highest BCUT2D eigenvalue weighted by Crippen LogP contribution is 2.35. The van der Waals surface area contributed by atoms with E-state index in [0.717, 1.165) is 44.8 Å². The molecule has 20 heavy (non-hydrogen) atoms. The molecule has 0 spiro atoms. The van der Waals surface area contributed by atoms with Crippen molar-refractivity contribution in [2.24, 2.45) is 5.73 Å². The van der Waals surface area contributed by atoms with Crippen LogP contribution in [0.2, 0.25) is 0 Å². The first-order chi connectivity index (χ1) is 9.75. The Kier molecular flexibility index (Phi) is 5.54. The lowest BCUT2D eigenvalue weighted by atomic mass is 9.94. The number of hydrogen-bond donors (Lipinski definition) is 1. The van der Waals surface area contributed by atoms with Crippen LogP contribution in [0.1, 0.15) is 58.2 Å². The minimum Gasteiger partial charge on any atom is -0.329 e. The molecule has 5 nitrogen and oxygen atoms in total. The largest absolute Gasteiger partial charge is 0.329 e. The maximum Gasteiger partial charge on any atom is 0.141 e. The topological polar surface area (TPSA) is 60.0 Å². The zero-order valence-electron chi connectivity index (χ0n) is 13.0. The monoisotopic (exact) mass is 279 g/mol. The molecule has 1 aliphatic rings. The fourth-order valence-electron chi connectivity index (χ4n) is 3.42. The Bertz CT molecular complexity index is 395. The smallest absolute Gasteiger partial charge is 0.141 e. The summed E-state index contributed by atoms with van der Waals surface area (Å²) in [7, 11) is 0. The molecule has 1 aliphatic carbocycles. The first kappa shape index (κ1) is 15.4. The Hall–Kier alpha value is -0.940. The Morgan fingerprint density at radius 3 is 2.65 bits per heavy atom. The van der Waals surface area contributed by atoms with E-state index in [0.29, 0.717) is 0 Å². The van der Waals surface area contributed by atoms with E-state index in [4.69, 9.17) is 5.73 Å². The molecule has 0 bridgehead atoms. The average Bonchev–Trinajstić information content (AvgIpc) is 3.09. The van der Waals surface area contributed by atoms with Crippen molar-refractivity contribution in [2.45, 2.75) is 71.0 Å². The number of nitrogens with two attached hydrogens (primary N) is 1. The molecule has 1 fully saturated rings. The van der Waals surface area contributed by atoms with Gasteiger partial charge in [0.25, 0.3) is 0 Å². The Balaban J connectivity index is 2.14. The molecular weight excluding hydrogens is 250 g/mol. The molecule has 114 valence electrons. The van der Waals surface area contributed by atoms with E-state index in [-0.39, 0.29) is 5.54 Å². The van der Waals surface area contributed by atoms with E-state index in [2.05, 4.69) is 28.8 Å². The van der Waals surface area contributed by atoms with Crippen LogP contribution in [0.4, 0.5) is 0 Å². The van der Waals surface area contributed by atoms with Gasteiger partial charge in [0.05, 0.1) is 6.54 Å². The van der Waals surface area contributed by atoms with Gasteiger partial charge in [0.2, 0.25) is 0 Å². The van der Waals surface area contributed by atoms with Gasteiger partial charge in [-0.1, -0.05) is 26.7 Å². The van der Waals surface area contributed by atoms with Gasteiger partial charge in [0, 0.05) is 18.6 Å². The number of hydrogen-bond acceptors (Lipinski definition) is 4.